The molecule has 0 N–H and O–H groups in total. The quantitative estimate of drug-likeness (QED) is 0.844. The summed E-state index contributed by atoms with van der Waals surface area (Å²) in [6, 6.07) is 8.86. The van der Waals surface area contributed by atoms with E-state index in [9.17, 15) is 4.79 Å². The Labute approximate surface area is 132 Å². The van der Waals surface area contributed by atoms with Crippen LogP contribution < -0.4 is 0 Å². The van der Waals surface area contributed by atoms with Crippen molar-refractivity contribution in [2.45, 2.75) is 43.0 Å². The summed E-state index contributed by atoms with van der Waals surface area (Å²) in [6.07, 6.45) is 6.81. The highest BCUT2D eigenvalue weighted by Gasteiger charge is 2.43. The normalized spacial score (nSPS) is 28.2. The van der Waals surface area contributed by atoms with Gasteiger partial charge < -0.3 is 4.90 Å². The Balaban J connectivity index is 1.63. The van der Waals surface area contributed by atoms with Gasteiger partial charge in [0.15, 0.2) is 5.01 Å². The van der Waals surface area contributed by atoms with Gasteiger partial charge in [-0.3, -0.25) is 4.79 Å². The Morgan fingerprint density at radius 3 is 2.67 bits per heavy atom. The fraction of sp³-hybridized carbons (Fsp3) is 0.500. The third kappa shape index (κ3) is 2.27. The van der Waals surface area contributed by atoms with E-state index in [1.54, 1.807) is 0 Å². The van der Waals surface area contributed by atoms with Crippen LogP contribution in [0.1, 0.15) is 35.5 Å². The zero-order valence-electron chi connectivity index (χ0n) is 12.0. The summed E-state index contributed by atoms with van der Waals surface area (Å²) in [6.45, 7) is 0. The minimum absolute atomic E-state index is 0.156. The number of para-hydroxylation sites is 1. The summed E-state index contributed by atoms with van der Waals surface area (Å²) in [5.74, 6) is 0.156. The number of aromatic nitrogens is 1. The first-order chi connectivity index (χ1) is 10.3. The average molecular weight is 318 g/mol. The molecule has 0 spiro atoms. The van der Waals surface area contributed by atoms with Crippen molar-refractivity contribution in [2.24, 2.45) is 0 Å². The minimum Gasteiger partial charge on any atom is -0.331 e. The molecule has 2 aromatic rings. The molecule has 2 unspecified atom stereocenters. The van der Waals surface area contributed by atoms with Crippen molar-refractivity contribution in [2.75, 3.05) is 6.26 Å². The second-order valence-corrected chi connectivity index (χ2v) is 8.08. The molecule has 21 heavy (non-hydrogen) atoms. The smallest absolute Gasteiger partial charge is 0.283 e. The highest BCUT2D eigenvalue weighted by Crippen LogP contribution is 2.40. The lowest BCUT2D eigenvalue weighted by molar-refractivity contribution is 0.0601. The lowest BCUT2D eigenvalue weighted by Crippen LogP contribution is -2.47. The summed E-state index contributed by atoms with van der Waals surface area (Å²) < 4.78 is 1.10. The fourth-order valence-corrected chi connectivity index (χ4v) is 5.46. The number of thioether (sulfide) groups is 1. The van der Waals surface area contributed by atoms with Gasteiger partial charge in [-0.1, -0.05) is 12.1 Å². The third-order valence-electron chi connectivity index (χ3n) is 4.73. The largest absolute Gasteiger partial charge is 0.331 e. The molecule has 1 aromatic carbocycles. The van der Waals surface area contributed by atoms with Crippen LogP contribution in [0.4, 0.5) is 0 Å². The van der Waals surface area contributed by atoms with Crippen LogP contribution in [0.2, 0.25) is 0 Å². The van der Waals surface area contributed by atoms with Crippen molar-refractivity contribution >= 4 is 39.2 Å². The Hall–Kier alpha value is -1.07. The molecule has 3 nitrogen and oxygen atoms in total. The van der Waals surface area contributed by atoms with Crippen molar-refractivity contribution in [1.29, 1.82) is 0 Å². The lowest BCUT2D eigenvalue weighted by Gasteiger charge is -2.38. The van der Waals surface area contributed by atoms with Crippen molar-refractivity contribution < 1.29 is 4.79 Å². The number of thiazole rings is 1. The number of fused-ring (bicyclic) bond motifs is 3. The van der Waals surface area contributed by atoms with E-state index < -0.39 is 0 Å². The summed E-state index contributed by atoms with van der Waals surface area (Å²) in [4.78, 5) is 19.6. The van der Waals surface area contributed by atoms with Crippen molar-refractivity contribution in [3.8, 4) is 0 Å². The molecule has 2 fully saturated rings. The van der Waals surface area contributed by atoms with Crippen LogP contribution in [0, 0.1) is 0 Å². The van der Waals surface area contributed by atoms with Crippen molar-refractivity contribution in [3.63, 3.8) is 0 Å². The number of piperidine rings is 1. The van der Waals surface area contributed by atoms with Crippen LogP contribution in [0.25, 0.3) is 10.2 Å². The number of rotatable bonds is 2. The van der Waals surface area contributed by atoms with E-state index in [0.717, 1.165) is 28.3 Å². The third-order valence-corrected chi connectivity index (χ3v) is 6.81. The van der Waals surface area contributed by atoms with E-state index in [4.69, 9.17) is 0 Å². The maximum atomic E-state index is 12.9. The topological polar surface area (TPSA) is 33.2 Å². The van der Waals surface area contributed by atoms with Crippen LogP contribution in [-0.4, -0.2) is 39.4 Å². The monoisotopic (exact) mass is 318 g/mol. The van der Waals surface area contributed by atoms with Gasteiger partial charge in [0.2, 0.25) is 0 Å². The number of hydrogen-bond acceptors (Lipinski definition) is 4. The molecular formula is C16H18N2OS2. The van der Waals surface area contributed by atoms with Gasteiger partial charge >= 0.3 is 0 Å². The highest BCUT2D eigenvalue weighted by atomic mass is 32.2. The molecule has 2 bridgehead atoms. The molecule has 110 valence electrons. The van der Waals surface area contributed by atoms with Gasteiger partial charge in [-0.15, -0.1) is 11.3 Å². The van der Waals surface area contributed by atoms with Gasteiger partial charge in [-0.05, 0) is 44.1 Å². The van der Waals surface area contributed by atoms with Crippen molar-refractivity contribution in [3.05, 3.63) is 29.3 Å². The van der Waals surface area contributed by atoms with E-state index in [0.29, 0.717) is 17.1 Å². The van der Waals surface area contributed by atoms with Gasteiger partial charge in [0.1, 0.15) is 0 Å². The SMILES string of the molecule is CSC1CC2CCC(C1)N2C(=O)c1nc2ccccc2s1. The molecule has 1 amide bonds. The van der Waals surface area contributed by atoms with Gasteiger partial charge in [-0.2, -0.15) is 11.8 Å². The Morgan fingerprint density at radius 1 is 1.29 bits per heavy atom. The first-order valence-corrected chi connectivity index (χ1v) is 9.57. The van der Waals surface area contributed by atoms with Crippen LogP contribution in [0.3, 0.4) is 0 Å². The molecule has 2 aliphatic heterocycles. The van der Waals surface area contributed by atoms with Crippen LogP contribution in [0.15, 0.2) is 24.3 Å². The number of carbonyl (C=O) groups is 1. The van der Waals surface area contributed by atoms with Crippen LogP contribution >= 0.6 is 23.1 Å². The van der Waals surface area contributed by atoms with Crippen LogP contribution in [-0.2, 0) is 0 Å². The minimum atomic E-state index is 0.156. The summed E-state index contributed by atoms with van der Waals surface area (Å²) in [5, 5.41) is 1.39. The first-order valence-electron chi connectivity index (χ1n) is 7.47. The molecule has 0 radical (unpaired) electrons. The number of carbonyl (C=O) groups excluding carboxylic acids is 1. The van der Waals surface area contributed by atoms with Gasteiger partial charge in [0.25, 0.3) is 5.91 Å². The maximum Gasteiger partial charge on any atom is 0.283 e. The van der Waals surface area contributed by atoms with E-state index in [-0.39, 0.29) is 5.91 Å². The number of amides is 1. The maximum absolute atomic E-state index is 12.9. The van der Waals surface area contributed by atoms with Crippen molar-refractivity contribution in [1.82, 2.24) is 9.88 Å². The fourth-order valence-electron chi connectivity index (χ4n) is 3.73. The molecule has 0 saturated carbocycles. The lowest BCUT2D eigenvalue weighted by atomic mass is 10.0. The summed E-state index contributed by atoms with van der Waals surface area (Å²) in [5.41, 5.74) is 0.942. The van der Waals surface area contributed by atoms with E-state index in [1.807, 2.05) is 36.0 Å². The van der Waals surface area contributed by atoms with Gasteiger partial charge in [0.05, 0.1) is 10.2 Å². The number of hydrogen-bond donors (Lipinski definition) is 0. The van der Waals surface area contributed by atoms with Crippen LogP contribution in [0.5, 0.6) is 0 Å². The van der Waals surface area contributed by atoms with Gasteiger partial charge in [0, 0.05) is 17.3 Å². The summed E-state index contributed by atoms with van der Waals surface area (Å²) in [7, 11) is 0. The standard InChI is InChI=1S/C16H18N2OS2/c1-20-12-8-10-6-7-11(9-12)18(10)16(19)15-17-13-4-2-3-5-14(13)21-15/h2-5,10-12H,6-9H2,1H3. The molecule has 1 aromatic heterocycles. The Morgan fingerprint density at radius 2 is 2.00 bits per heavy atom. The predicted octanol–water partition coefficient (Wildman–Crippen LogP) is 3.79. The second-order valence-electron chi connectivity index (χ2n) is 5.91. The predicted molar refractivity (Wildman–Crippen MR) is 89.1 cm³/mol. The highest BCUT2D eigenvalue weighted by molar-refractivity contribution is 7.99. The zero-order valence-corrected chi connectivity index (χ0v) is 13.6. The van der Waals surface area contributed by atoms with E-state index >= 15 is 0 Å². The first kappa shape index (κ1) is 13.6. The average Bonchev–Trinajstić information content (AvgIpc) is 3.05. The molecule has 2 saturated heterocycles. The molecule has 2 aliphatic rings. The molecule has 5 heteroatoms. The number of nitrogens with zero attached hydrogens (tertiary/aromatic N) is 2. The molecule has 0 aliphatic carbocycles. The molecular weight excluding hydrogens is 300 g/mol. The zero-order chi connectivity index (χ0) is 14.4. The Kier molecular flexibility index (Phi) is 3.42. The van der Waals surface area contributed by atoms with E-state index in [2.05, 4.69) is 16.1 Å². The molecule has 2 atom stereocenters. The Bertz CT molecular complexity index is 637. The number of benzene rings is 1. The van der Waals surface area contributed by atoms with Gasteiger partial charge in [-0.25, -0.2) is 4.98 Å². The second kappa shape index (κ2) is 5.29. The molecule has 3 heterocycles. The van der Waals surface area contributed by atoms with E-state index in [1.165, 1.54) is 24.2 Å². The summed E-state index contributed by atoms with van der Waals surface area (Å²) >= 11 is 3.49. The molecule has 4 rings (SSSR count).